The molecule has 1 aliphatic rings. The van der Waals surface area contributed by atoms with E-state index < -0.39 is 11.4 Å². The lowest BCUT2D eigenvalue weighted by Gasteiger charge is -2.31. The Kier molecular flexibility index (Phi) is 2.50. The number of aliphatic carboxylic acids is 1. The van der Waals surface area contributed by atoms with Crippen LogP contribution in [0.3, 0.4) is 0 Å². The van der Waals surface area contributed by atoms with Gasteiger partial charge < -0.3 is 14.6 Å². The standard InChI is InChI=1S/C12H14O4/c1-12(11(13)14)6-8-5-9(15-2)3-4-10(8)16-7-12/h3-5H,6-7H2,1-2H3,(H,13,14). The van der Waals surface area contributed by atoms with Gasteiger partial charge in [-0.25, -0.2) is 0 Å². The average Bonchev–Trinajstić information content (AvgIpc) is 2.27. The number of carbonyl (C=O) groups is 1. The smallest absolute Gasteiger partial charge is 0.313 e. The molecule has 0 aliphatic carbocycles. The molecule has 0 amide bonds. The lowest BCUT2D eigenvalue weighted by Crippen LogP contribution is -2.39. The number of rotatable bonds is 2. The number of ether oxygens (including phenoxy) is 2. The first-order chi connectivity index (χ1) is 7.55. The lowest BCUT2D eigenvalue weighted by molar-refractivity contribution is -0.150. The van der Waals surface area contributed by atoms with Gasteiger partial charge in [0.15, 0.2) is 0 Å². The number of benzene rings is 1. The second kappa shape index (κ2) is 3.70. The molecule has 0 saturated carbocycles. The Hall–Kier alpha value is -1.71. The minimum Gasteiger partial charge on any atom is -0.497 e. The van der Waals surface area contributed by atoms with Crippen molar-refractivity contribution in [2.45, 2.75) is 13.3 Å². The minimum atomic E-state index is -0.848. The number of hydrogen-bond donors (Lipinski definition) is 1. The summed E-state index contributed by atoms with van der Waals surface area (Å²) in [4.78, 5) is 11.1. The van der Waals surface area contributed by atoms with E-state index in [1.54, 1.807) is 14.0 Å². The van der Waals surface area contributed by atoms with Crippen LogP contribution in [-0.2, 0) is 11.2 Å². The first kappa shape index (κ1) is 10.8. The van der Waals surface area contributed by atoms with Crippen LogP contribution in [0.1, 0.15) is 12.5 Å². The zero-order valence-corrected chi connectivity index (χ0v) is 9.32. The Labute approximate surface area is 93.8 Å². The molecule has 2 rings (SSSR count). The highest BCUT2D eigenvalue weighted by Gasteiger charge is 2.38. The van der Waals surface area contributed by atoms with E-state index in [1.807, 2.05) is 18.2 Å². The van der Waals surface area contributed by atoms with Gasteiger partial charge in [0, 0.05) is 0 Å². The average molecular weight is 222 g/mol. The van der Waals surface area contributed by atoms with Gasteiger partial charge in [-0.15, -0.1) is 0 Å². The molecule has 0 spiro atoms. The van der Waals surface area contributed by atoms with Crippen LogP contribution < -0.4 is 9.47 Å². The molecule has 16 heavy (non-hydrogen) atoms. The van der Waals surface area contributed by atoms with Crippen molar-refractivity contribution in [3.05, 3.63) is 23.8 Å². The Balaban J connectivity index is 2.35. The van der Waals surface area contributed by atoms with Crippen LogP contribution in [0.5, 0.6) is 11.5 Å². The Morgan fingerprint density at radius 2 is 2.31 bits per heavy atom. The molecular formula is C12H14O4. The number of hydrogen-bond acceptors (Lipinski definition) is 3. The molecule has 0 bridgehead atoms. The van der Waals surface area contributed by atoms with Gasteiger partial charge in [-0.3, -0.25) is 4.79 Å². The molecule has 86 valence electrons. The van der Waals surface area contributed by atoms with Gasteiger partial charge >= 0.3 is 5.97 Å². The molecule has 0 radical (unpaired) electrons. The van der Waals surface area contributed by atoms with Crippen molar-refractivity contribution in [1.82, 2.24) is 0 Å². The quantitative estimate of drug-likeness (QED) is 0.827. The predicted octanol–water partition coefficient (Wildman–Crippen LogP) is 1.72. The van der Waals surface area contributed by atoms with Crippen LogP contribution in [0.25, 0.3) is 0 Å². The van der Waals surface area contributed by atoms with E-state index >= 15 is 0 Å². The monoisotopic (exact) mass is 222 g/mol. The van der Waals surface area contributed by atoms with Crippen molar-refractivity contribution in [2.75, 3.05) is 13.7 Å². The van der Waals surface area contributed by atoms with Crippen molar-refractivity contribution in [1.29, 1.82) is 0 Å². The van der Waals surface area contributed by atoms with E-state index in [4.69, 9.17) is 14.6 Å². The summed E-state index contributed by atoms with van der Waals surface area (Å²) in [5, 5.41) is 9.14. The molecule has 1 heterocycles. The Morgan fingerprint density at radius 1 is 1.56 bits per heavy atom. The second-order valence-corrected chi connectivity index (χ2v) is 4.30. The molecule has 1 aromatic carbocycles. The van der Waals surface area contributed by atoms with Crippen molar-refractivity contribution in [2.24, 2.45) is 5.41 Å². The molecule has 4 nitrogen and oxygen atoms in total. The molecular weight excluding hydrogens is 208 g/mol. The first-order valence-corrected chi connectivity index (χ1v) is 5.08. The molecule has 1 N–H and O–H groups in total. The third kappa shape index (κ3) is 1.71. The summed E-state index contributed by atoms with van der Waals surface area (Å²) in [5.41, 5.74) is 0.0369. The summed E-state index contributed by atoms with van der Waals surface area (Å²) in [6, 6.07) is 5.45. The molecule has 0 fully saturated rings. The maximum Gasteiger partial charge on any atom is 0.313 e. The zero-order chi connectivity index (χ0) is 11.8. The minimum absolute atomic E-state index is 0.210. The summed E-state index contributed by atoms with van der Waals surface area (Å²) in [6.07, 6.45) is 0.467. The van der Waals surface area contributed by atoms with Crippen LogP contribution >= 0.6 is 0 Å². The first-order valence-electron chi connectivity index (χ1n) is 5.08. The Morgan fingerprint density at radius 3 is 2.94 bits per heavy atom. The van der Waals surface area contributed by atoms with E-state index in [-0.39, 0.29) is 6.61 Å². The maximum atomic E-state index is 11.1. The van der Waals surface area contributed by atoms with E-state index in [0.717, 1.165) is 17.1 Å². The van der Waals surface area contributed by atoms with E-state index in [1.165, 1.54) is 0 Å². The van der Waals surface area contributed by atoms with Gasteiger partial charge in [0.2, 0.25) is 0 Å². The van der Waals surface area contributed by atoms with Crippen molar-refractivity contribution in [3.8, 4) is 11.5 Å². The lowest BCUT2D eigenvalue weighted by atomic mass is 9.82. The van der Waals surface area contributed by atoms with Crippen LogP contribution in [0.15, 0.2) is 18.2 Å². The van der Waals surface area contributed by atoms with Crippen LogP contribution in [-0.4, -0.2) is 24.8 Å². The third-order valence-electron chi connectivity index (χ3n) is 2.91. The largest absolute Gasteiger partial charge is 0.497 e. The highest BCUT2D eigenvalue weighted by atomic mass is 16.5. The molecule has 1 unspecified atom stereocenters. The molecule has 1 aliphatic heterocycles. The molecule has 0 saturated heterocycles. The van der Waals surface area contributed by atoms with Crippen molar-refractivity contribution < 1.29 is 19.4 Å². The van der Waals surface area contributed by atoms with E-state index in [2.05, 4.69) is 0 Å². The third-order valence-corrected chi connectivity index (χ3v) is 2.91. The molecule has 0 aromatic heterocycles. The van der Waals surface area contributed by atoms with E-state index in [9.17, 15) is 4.79 Å². The molecule has 1 aromatic rings. The predicted molar refractivity (Wildman–Crippen MR) is 57.9 cm³/mol. The molecule has 1 atom stereocenters. The number of carboxylic acids is 1. The SMILES string of the molecule is COc1ccc2c(c1)CC(C)(C(=O)O)CO2. The van der Waals surface area contributed by atoms with Crippen molar-refractivity contribution >= 4 is 5.97 Å². The number of methoxy groups -OCH3 is 1. The highest BCUT2D eigenvalue weighted by Crippen LogP contribution is 2.36. The fraction of sp³-hybridized carbons (Fsp3) is 0.417. The second-order valence-electron chi connectivity index (χ2n) is 4.30. The Bertz CT molecular complexity index is 427. The number of fused-ring (bicyclic) bond motifs is 1. The summed E-state index contributed by atoms with van der Waals surface area (Å²) in [7, 11) is 1.59. The van der Waals surface area contributed by atoms with Gasteiger partial charge in [0.1, 0.15) is 23.5 Å². The van der Waals surface area contributed by atoms with Gasteiger partial charge in [0.05, 0.1) is 7.11 Å². The van der Waals surface area contributed by atoms with Crippen LogP contribution in [0, 0.1) is 5.41 Å². The highest BCUT2D eigenvalue weighted by molar-refractivity contribution is 5.75. The van der Waals surface area contributed by atoms with Crippen LogP contribution in [0.2, 0.25) is 0 Å². The van der Waals surface area contributed by atoms with Gasteiger partial charge in [-0.2, -0.15) is 0 Å². The van der Waals surface area contributed by atoms with Gasteiger partial charge in [-0.05, 0) is 37.1 Å². The van der Waals surface area contributed by atoms with Gasteiger partial charge in [0.25, 0.3) is 0 Å². The summed E-state index contributed by atoms with van der Waals surface area (Å²) >= 11 is 0. The number of carboxylic acid groups (broad SMARTS) is 1. The zero-order valence-electron chi connectivity index (χ0n) is 9.32. The summed E-state index contributed by atoms with van der Waals surface area (Å²) in [6.45, 7) is 1.90. The summed E-state index contributed by atoms with van der Waals surface area (Å²) < 4.78 is 10.6. The fourth-order valence-electron chi connectivity index (χ4n) is 1.81. The normalized spacial score (nSPS) is 23.1. The van der Waals surface area contributed by atoms with Crippen LogP contribution in [0.4, 0.5) is 0 Å². The topological polar surface area (TPSA) is 55.8 Å². The van der Waals surface area contributed by atoms with Gasteiger partial charge in [-0.1, -0.05) is 0 Å². The van der Waals surface area contributed by atoms with Crippen molar-refractivity contribution in [3.63, 3.8) is 0 Å². The van der Waals surface area contributed by atoms with E-state index in [0.29, 0.717) is 6.42 Å². The fourth-order valence-corrected chi connectivity index (χ4v) is 1.81. The maximum absolute atomic E-state index is 11.1. The summed E-state index contributed by atoms with van der Waals surface area (Å²) in [5.74, 6) is 0.637. The molecule has 4 heteroatoms.